The number of thiazole rings is 1. The van der Waals surface area contributed by atoms with Gasteiger partial charge in [0, 0.05) is 5.38 Å². The van der Waals surface area contributed by atoms with Crippen molar-refractivity contribution in [3.63, 3.8) is 0 Å². The van der Waals surface area contributed by atoms with Crippen molar-refractivity contribution in [2.75, 3.05) is 12.3 Å². The van der Waals surface area contributed by atoms with Crippen LogP contribution in [0.25, 0.3) is 0 Å². The number of aliphatic carboxylic acids is 1. The number of hydrogen-bond acceptors (Lipinski definition) is 6. The van der Waals surface area contributed by atoms with Crippen LogP contribution in [0.5, 0.6) is 0 Å². The van der Waals surface area contributed by atoms with E-state index < -0.39 is 5.97 Å². The van der Waals surface area contributed by atoms with Crippen LogP contribution in [-0.4, -0.2) is 28.4 Å². The van der Waals surface area contributed by atoms with Crippen LogP contribution in [0.3, 0.4) is 0 Å². The third kappa shape index (κ3) is 2.69. The third-order valence-electron chi connectivity index (χ3n) is 2.13. The summed E-state index contributed by atoms with van der Waals surface area (Å²) < 4.78 is 0. The molecule has 0 atom stereocenters. The Hall–Kier alpha value is -1.63. The van der Waals surface area contributed by atoms with Crippen molar-refractivity contribution in [2.45, 2.75) is 12.8 Å². The number of aromatic nitrogens is 1. The van der Waals surface area contributed by atoms with Gasteiger partial charge in [-0.2, -0.15) is 0 Å². The molecule has 86 valence electrons. The van der Waals surface area contributed by atoms with E-state index in [-0.39, 0.29) is 11.4 Å². The zero-order valence-corrected chi connectivity index (χ0v) is 9.24. The highest BCUT2D eigenvalue weighted by Gasteiger charge is 2.23. The predicted molar refractivity (Wildman–Crippen MR) is 59.4 cm³/mol. The molecule has 2 rings (SSSR count). The number of carboxylic acids is 1. The molecule has 1 aliphatic carbocycles. The molecule has 0 radical (unpaired) electrons. The summed E-state index contributed by atoms with van der Waals surface area (Å²) in [5, 5.41) is 14.4. The molecule has 1 saturated carbocycles. The number of nitrogens with zero attached hydrogens (tertiary/aromatic N) is 2. The molecule has 7 heteroatoms. The first kappa shape index (κ1) is 10.9. The van der Waals surface area contributed by atoms with Gasteiger partial charge in [-0.05, 0) is 18.8 Å². The maximum Gasteiger partial charge on any atom is 0.360 e. The van der Waals surface area contributed by atoms with Gasteiger partial charge in [-0.25, -0.2) is 9.78 Å². The highest BCUT2D eigenvalue weighted by atomic mass is 32.1. The first-order valence-electron chi connectivity index (χ1n) is 4.81. The first-order valence-corrected chi connectivity index (χ1v) is 5.69. The van der Waals surface area contributed by atoms with Crippen LogP contribution in [0.15, 0.2) is 10.5 Å². The topological polar surface area (TPSA) is 97.8 Å². The number of hydrogen-bond donors (Lipinski definition) is 2. The lowest BCUT2D eigenvalue weighted by atomic mass is 10.3. The van der Waals surface area contributed by atoms with Gasteiger partial charge < -0.3 is 15.7 Å². The van der Waals surface area contributed by atoms with Gasteiger partial charge in [-0.15, -0.1) is 11.3 Å². The standard InChI is InChI=1S/C9H11N3O3S/c10-9-11-6(4-16-9)7(8(13)14)12-15-3-5-1-2-5/h4-5H,1-3H2,(H2,10,11)(H,13,14)/b12-7+. The summed E-state index contributed by atoms with van der Waals surface area (Å²) in [5.41, 5.74) is 5.46. The van der Waals surface area contributed by atoms with E-state index in [9.17, 15) is 4.79 Å². The number of oxime groups is 1. The maximum atomic E-state index is 10.9. The van der Waals surface area contributed by atoms with E-state index >= 15 is 0 Å². The molecule has 0 unspecified atom stereocenters. The molecule has 1 heterocycles. The Bertz CT molecular complexity index is 425. The fourth-order valence-electron chi connectivity index (χ4n) is 1.08. The Morgan fingerprint density at radius 1 is 1.75 bits per heavy atom. The van der Waals surface area contributed by atoms with Crippen molar-refractivity contribution in [2.24, 2.45) is 11.1 Å². The fourth-order valence-corrected chi connectivity index (χ4v) is 1.63. The second-order valence-corrected chi connectivity index (χ2v) is 4.44. The molecule has 0 aromatic carbocycles. The van der Waals surface area contributed by atoms with E-state index in [0.29, 0.717) is 17.7 Å². The molecule has 1 fully saturated rings. The average molecular weight is 241 g/mol. The van der Waals surface area contributed by atoms with Crippen LogP contribution in [0.4, 0.5) is 5.13 Å². The van der Waals surface area contributed by atoms with Gasteiger partial charge in [-0.3, -0.25) is 0 Å². The van der Waals surface area contributed by atoms with Crippen LogP contribution >= 0.6 is 11.3 Å². The second-order valence-electron chi connectivity index (χ2n) is 3.56. The number of nitrogen functional groups attached to an aromatic ring is 1. The van der Waals surface area contributed by atoms with E-state index in [1.807, 2.05) is 0 Å². The lowest BCUT2D eigenvalue weighted by Gasteiger charge is -1.98. The summed E-state index contributed by atoms with van der Waals surface area (Å²) in [6.07, 6.45) is 2.25. The normalized spacial score (nSPS) is 16.1. The number of rotatable bonds is 5. The predicted octanol–water partition coefficient (Wildman–Crippen LogP) is 0.941. The minimum absolute atomic E-state index is 0.200. The molecule has 0 bridgehead atoms. The van der Waals surface area contributed by atoms with Crippen LogP contribution in [-0.2, 0) is 9.63 Å². The zero-order valence-electron chi connectivity index (χ0n) is 8.42. The Labute approximate surface area is 95.7 Å². The smallest absolute Gasteiger partial charge is 0.360 e. The van der Waals surface area contributed by atoms with Crippen molar-refractivity contribution in [1.29, 1.82) is 0 Å². The maximum absolute atomic E-state index is 10.9. The molecule has 1 aromatic rings. The highest BCUT2D eigenvalue weighted by Crippen LogP contribution is 2.28. The van der Waals surface area contributed by atoms with Gasteiger partial charge in [0.05, 0.1) is 0 Å². The lowest BCUT2D eigenvalue weighted by Crippen LogP contribution is -2.16. The van der Waals surface area contributed by atoms with Crippen LogP contribution < -0.4 is 5.73 Å². The molecular formula is C9H11N3O3S. The number of carboxylic acid groups (broad SMARTS) is 1. The third-order valence-corrected chi connectivity index (χ3v) is 2.80. The second kappa shape index (κ2) is 4.48. The molecule has 3 N–H and O–H groups in total. The van der Waals surface area contributed by atoms with E-state index in [4.69, 9.17) is 15.7 Å². The Morgan fingerprint density at radius 2 is 2.50 bits per heavy atom. The Morgan fingerprint density at radius 3 is 3.00 bits per heavy atom. The molecule has 1 aromatic heterocycles. The molecular weight excluding hydrogens is 230 g/mol. The number of nitrogens with two attached hydrogens (primary N) is 1. The Kier molecular flexibility index (Phi) is 3.04. The van der Waals surface area contributed by atoms with Crippen LogP contribution in [0.1, 0.15) is 18.5 Å². The number of carbonyl (C=O) groups is 1. The monoisotopic (exact) mass is 241 g/mol. The minimum atomic E-state index is -1.17. The summed E-state index contributed by atoms with van der Waals surface area (Å²) >= 11 is 1.17. The van der Waals surface area contributed by atoms with E-state index in [2.05, 4.69) is 10.1 Å². The number of anilines is 1. The van der Waals surface area contributed by atoms with Crippen molar-refractivity contribution < 1.29 is 14.7 Å². The fraction of sp³-hybridized carbons (Fsp3) is 0.444. The van der Waals surface area contributed by atoms with Gasteiger partial charge in [0.1, 0.15) is 12.3 Å². The van der Waals surface area contributed by atoms with Gasteiger partial charge in [0.2, 0.25) is 5.71 Å². The molecule has 0 aliphatic heterocycles. The summed E-state index contributed by atoms with van der Waals surface area (Å²) in [4.78, 5) is 19.7. The van der Waals surface area contributed by atoms with Crippen LogP contribution in [0, 0.1) is 5.92 Å². The van der Waals surface area contributed by atoms with E-state index in [1.165, 1.54) is 11.3 Å². The summed E-state index contributed by atoms with van der Waals surface area (Å²) in [6, 6.07) is 0. The average Bonchev–Trinajstić information content (AvgIpc) is 2.95. The largest absolute Gasteiger partial charge is 0.476 e. The van der Waals surface area contributed by atoms with E-state index in [0.717, 1.165) is 12.8 Å². The van der Waals surface area contributed by atoms with Crippen molar-refractivity contribution in [1.82, 2.24) is 4.98 Å². The zero-order chi connectivity index (χ0) is 11.5. The van der Waals surface area contributed by atoms with Crippen LogP contribution in [0.2, 0.25) is 0 Å². The molecule has 1 aliphatic rings. The molecule has 0 spiro atoms. The quantitative estimate of drug-likeness (QED) is 0.590. The summed E-state index contributed by atoms with van der Waals surface area (Å²) in [6.45, 7) is 0.469. The summed E-state index contributed by atoms with van der Waals surface area (Å²) in [7, 11) is 0. The minimum Gasteiger partial charge on any atom is -0.476 e. The molecule has 16 heavy (non-hydrogen) atoms. The van der Waals surface area contributed by atoms with Gasteiger partial charge in [0.25, 0.3) is 0 Å². The van der Waals surface area contributed by atoms with Crippen molar-refractivity contribution in [3.8, 4) is 0 Å². The molecule has 0 saturated heterocycles. The molecule has 0 amide bonds. The van der Waals surface area contributed by atoms with Crippen molar-refractivity contribution in [3.05, 3.63) is 11.1 Å². The SMILES string of the molecule is Nc1nc(/C(=N\OCC2CC2)C(=O)O)cs1. The van der Waals surface area contributed by atoms with Gasteiger partial charge >= 0.3 is 5.97 Å². The lowest BCUT2D eigenvalue weighted by molar-refractivity contribution is -0.129. The first-order chi connectivity index (χ1) is 7.66. The van der Waals surface area contributed by atoms with Gasteiger partial charge in [0.15, 0.2) is 5.13 Å². The Balaban J connectivity index is 2.06. The highest BCUT2D eigenvalue weighted by molar-refractivity contribution is 7.13. The van der Waals surface area contributed by atoms with Crippen molar-refractivity contribution >= 4 is 28.1 Å². The van der Waals surface area contributed by atoms with E-state index in [1.54, 1.807) is 5.38 Å². The van der Waals surface area contributed by atoms with Gasteiger partial charge in [-0.1, -0.05) is 5.16 Å². The molecule has 6 nitrogen and oxygen atoms in total. The summed E-state index contributed by atoms with van der Waals surface area (Å²) in [5.74, 6) is -0.639.